The lowest BCUT2D eigenvalue weighted by atomic mass is 9.92. The molecule has 0 aliphatic carbocycles. The minimum atomic E-state index is 0.0118. The number of aromatic nitrogens is 2. The average Bonchev–Trinajstić information content (AvgIpc) is 3.86. The van der Waals surface area contributed by atoms with Crippen molar-refractivity contribution in [3.8, 4) is 17.2 Å². The highest BCUT2D eigenvalue weighted by molar-refractivity contribution is 5.56. The fourth-order valence-electron chi connectivity index (χ4n) is 6.94. The Balaban J connectivity index is 1.75. The van der Waals surface area contributed by atoms with Crippen LogP contribution in [0.4, 0.5) is 0 Å². The molecule has 0 saturated carbocycles. The second-order valence-corrected chi connectivity index (χ2v) is 14.5. The Kier molecular flexibility index (Phi) is 23.2. The van der Waals surface area contributed by atoms with E-state index < -0.39 is 0 Å². The van der Waals surface area contributed by atoms with E-state index in [9.17, 15) is 0 Å². The minimum Gasteiger partial charge on any atom is -0.490 e. The third-order valence-electron chi connectivity index (χ3n) is 10.00. The molecule has 1 aromatic carbocycles. The van der Waals surface area contributed by atoms with E-state index in [1.807, 2.05) is 12.4 Å². The van der Waals surface area contributed by atoms with Gasteiger partial charge in [0.05, 0.1) is 25.7 Å². The van der Waals surface area contributed by atoms with Crippen molar-refractivity contribution in [2.45, 2.75) is 181 Å². The highest BCUT2D eigenvalue weighted by Gasteiger charge is 2.24. The van der Waals surface area contributed by atoms with Gasteiger partial charge in [-0.15, -0.1) is 0 Å². The summed E-state index contributed by atoms with van der Waals surface area (Å²) in [4.78, 5) is 6.97. The lowest BCUT2D eigenvalue weighted by molar-refractivity contribution is 0.233. The molecule has 0 saturated heterocycles. The van der Waals surface area contributed by atoms with Crippen molar-refractivity contribution in [2.75, 3.05) is 19.8 Å². The summed E-state index contributed by atoms with van der Waals surface area (Å²) in [5.74, 6) is 2.43. The maximum absolute atomic E-state index is 6.65. The molecule has 0 aliphatic heterocycles. The molecule has 2 heterocycles. The number of rotatable bonds is 33. The molecule has 2 N–H and O–H groups in total. The molecule has 0 amide bonds. The van der Waals surface area contributed by atoms with Crippen LogP contribution in [0.2, 0.25) is 0 Å². The van der Waals surface area contributed by atoms with Gasteiger partial charge in [0, 0.05) is 23.8 Å². The minimum absolute atomic E-state index is 0.0118. The Bertz CT molecular complexity index is 1100. The van der Waals surface area contributed by atoms with Crippen molar-refractivity contribution in [3.05, 3.63) is 65.7 Å². The maximum atomic E-state index is 6.65. The summed E-state index contributed by atoms with van der Waals surface area (Å²) in [6, 6.07) is 12.9. The number of aromatic amines is 2. The maximum Gasteiger partial charge on any atom is 0.203 e. The number of hydrogen-bond donors (Lipinski definition) is 2. The van der Waals surface area contributed by atoms with Crippen molar-refractivity contribution in [3.63, 3.8) is 0 Å². The Labute approximate surface area is 307 Å². The molecule has 0 radical (unpaired) electrons. The van der Waals surface area contributed by atoms with E-state index in [1.165, 1.54) is 135 Å². The molecule has 3 rings (SSSR count). The second-order valence-electron chi connectivity index (χ2n) is 14.5. The van der Waals surface area contributed by atoms with Crippen LogP contribution in [0, 0.1) is 0 Å². The largest absolute Gasteiger partial charge is 0.490 e. The molecule has 0 spiro atoms. The van der Waals surface area contributed by atoms with Gasteiger partial charge in [-0.05, 0) is 61.2 Å². The average molecular weight is 691 g/mol. The van der Waals surface area contributed by atoms with E-state index in [0.717, 1.165) is 53.5 Å². The van der Waals surface area contributed by atoms with Gasteiger partial charge in [0.15, 0.2) is 11.5 Å². The fraction of sp³-hybridized carbons (Fsp3) is 0.689. The summed E-state index contributed by atoms with van der Waals surface area (Å²) < 4.78 is 19.9. The van der Waals surface area contributed by atoms with Crippen molar-refractivity contribution in [1.29, 1.82) is 0 Å². The summed E-state index contributed by atoms with van der Waals surface area (Å²) in [5, 5.41) is 0. The van der Waals surface area contributed by atoms with Gasteiger partial charge in [-0.25, -0.2) is 0 Å². The number of H-pyrrole nitrogens is 2. The normalized spacial score (nSPS) is 11.4. The van der Waals surface area contributed by atoms with Crippen LogP contribution in [0.3, 0.4) is 0 Å². The van der Waals surface area contributed by atoms with E-state index in [4.69, 9.17) is 14.2 Å². The van der Waals surface area contributed by atoms with E-state index in [1.54, 1.807) is 0 Å². The van der Waals surface area contributed by atoms with Crippen LogP contribution in [-0.4, -0.2) is 29.8 Å². The third kappa shape index (κ3) is 16.9. The second kappa shape index (κ2) is 27.8. The number of hydrogen-bond acceptors (Lipinski definition) is 3. The Morgan fingerprint density at radius 1 is 0.440 bits per heavy atom. The van der Waals surface area contributed by atoms with Crippen LogP contribution in [0.5, 0.6) is 17.2 Å². The predicted octanol–water partition coefficient (Wildman–Crippen LogP) is 14.1. The molecule has 0 unspecified atom stereocenters. The molecule has 282 valence electrons. The van der Waals surface area contributed by atoms with Crippen LogP contribution in [0.25, 0.3) is 0 Å². The SMILES string of the molecule is CCCCCCCCCCOc1cc(C(c2ccc[nH]2)c2ccc[nH]2)cc(OCCCCCCCCCC)c1OCCCCCCCCCC. The zero-order chi connectivity index (χ0) is 35.3. The van der Waals surface area contributed by atoms with Crippen molar-refractivity contribution >= 4 is 0 Å². The molecule has 0 bridgehead atoms. The zero-order valence-corrected chi connectivity index (χ0v) is 32.5. The first-order chi connectivity index (χ1) is 24.8. The van der Waals surface area contributed by atoms with E-state index in [0.29, 0.717) is 19.8 Å². The van der Waals surface area contributed by atoms with Crippen LogP contribution in [0.15, 0.2) is 48.8 Å². The summed E-state index contributed by atoms with van der Waals surface area (Å²) in [5.41, 5.74) is 3.43. The lowest BCUT2D eigenvalue weighted by Gasteiger charge is -2.22. The molecular formula is C45H74N2O3. The zero-order valence-electron chi connectivity index (χ0n) is 32.5. The molecule has 0 fully saturated rings. The first kappa shape index (κ1) is 41.6. The van der Waals surface area contributed by atoms with Gasteiger partial charge in [0.1, 0.15) is 0 Å². The Hall–Kier alpha value is -2.82. The van der Waals surface area contributed by atoms with Crippen LogP contribution in [0.1, 0.15) is 198 Å². The van der Waals surface area contributed by atoms with E-state index >= 15 is 0 Å². The quantitative estimate of drug-likeness (QED) is 0.0625. The van der Waals surface area contributed by atoms with Crippen LogP contribution >= 0.6 is 0 Å². The molecule has 50 heavy (non-hydrogen) atoms. The number of unbranched alkanes of at least 4 members (excludes halogenated alkanes) is 21. The van der Waals surface area contributed by atoms with Gasteiger partial charge in [-0.2, -0.15) is 0 Å². The van der Waals surface area contributed by atoms with Gasteiger partial charge in [-0.3, -0.25) is 0 Å². The van der Waals surface area contributed by atoms with Gasteiger partial charge in [0.2, 0.25) is 5.75 Å². The monoisotopic (exact) mass is 691 g/mol. The topological polar surface area (TPSA) is 59.3 Å². The van der Waals surface area contributed by atoms with Crippen LogP contribution in [-0.2, 0) is 0 Å². The third-order valence-corrected chi connectivity index (χ3v) is 10.00. The van der Waals surface area contributed by atoms with Crippen LogP contribution < -0.4 is 14.2 Å². The first-order valence-corrected chi connectivity index (χ1v) is 21.1. The fourth-order valence-corrected chi connectivity index (χ4v) is 6.94. The summed E-state index contributed by atoms with van der Waals surface area (Å²) >= 11 is 0. The predicted molar refractivity (Wildman–Crippen MR) is 213 cm³/mol. The van der Waals surface area contributed by atoms with Crippen molar-refractivity contribution in [2.24, 2.45) is 0 Å². The van der Waals surface area contributed by atoms with Crippen molar-refractivity contribution < 1.29 is 14.2 Å². The van der Waals surface area contributed by atoms with Gasteiger partial charge < -0.3 is 24.2 Å². The molecule has 5 nitrogen and oxygen atoms in total. The number of ether oxygens (including phenoxy) is 3. The van der Waals surface area contributed by atoms with Gasteiger partial charge in [-0.1, -0.05) is 156 Å². The van der Waals surface area contributed by atoms with Gasteiger partial charge >= 0.3 is 0 Å². The number of benzene rings is 1. The molecular weight excluding hydrogens is 617 g/mol. The standard InChI is InChI=1S/C45H74N2O3/c1-4-7-10-13-16-19-22-25-34-48-42-37-39(44(40-30-28-32-46-40)41-31-29-33-47-41)38-43(49-35-26-23-20-17-14-11-8-5-2)45(42)50-36-27-24-21-18-15-12-9-6-3/h28-33,37-38,44,46-47H,4-27,34-36H2,1-3H3. The number of nitrogens with one attached hydrogen (secondary N) is 2. The Morgan fingerprint density at radius 2 is 0.780 bits per heavy atom. The smallest absolute Gasteiger partial charge is 0.203 e. The van der Waals surface area contributed by atoms with Crippen molar-refractivity contribution in [1.82, 2.24) is 9.97 Å². The lowest BCUT2D eigenvalue weighted by Crippen LogP contribution is -2.10. The highest BCUT2D eigenvalue weighted by atomic mass is 16.5. The first-order valence-electron chi connectivity index (χ1n) is 21.1. The summed E-state index contributed by atoms with van der Waals surface area (Å²) in [6.07, 6.45) is 34.7. The highest BCUT2D eigenvalue weighted by Crippen LogP contribution is 2.43. The molecule has 5 heteroatoms. The van der Waals surface area contributed by atoms with E-state index in [2.05, 4.69) is 67.1 Å². The van der Waals surface area contributed by atoms with Gasteiger partial charge in [0.25, 0.3) is 0 Å². The Morgan fingerprint density at radius 3 is 1.12 bits per heavy atom. The molecule has 3 aromatic rings. The van der Waals surface area contributed by atoms with E-state index in [-0.39, 0.29) is 5.92 Å². The molecule has 2 aromatic heterocycles. The molecule has 0 aliphatic rings. The molecule has 0 atom stereocenters. The summed E-state index contributed by atoms with van der Waals surface area (Å²) in [7, 11) is 0. The summed E-state index contributed by atoms with van der Waals surface area (Å²) in [6.45, 7) is 8.93.